The second kappa shape index (κ2) is 8.16. The molecule has 0 amide bonds. The van der Waals surface area contributed by atoms with Crippen molar-refractivity contribution < 1.29 is 5.11 Å². The van der Waals surface area contributed by atoms with Crippen LogP contribution in [-0.2, 0) is 0 Å². The van der Waals surface area contributed by atoms with Crippen LogP contribution in [0.15, 0.2) is 0 Å². The molecule has 0 radical (unpaired) electrons. The molecule has 1 rings (SSSR count). The molecule has 108 valence electrons. The van der Waals surface area contributed by atoms with Crippen LogP contribution in [0.3, 0.4) is 0 Å². The zero-order chi connectivity index (χ0) is 13.5. The third-order valence-electron chi connectivity index (χ3n) is 4.87. The fourth-order valence-corrected chi connectivity index (χ4v) is 3.31. The maximum Gasteiger partial charge on any atom is 0.0692 e. The molecule has 2 heteroatoms. The molecule has 0 saturated heterocycles. The van der Waals surface area contributed by atoms with Crippen LogP contribution in [0.2, 0.25) is 0 Å². The topological polar surface area (TPSA) is 32.3 Å². The largest absolute Gasteiger partial charge is 0.392 e. The summed E-state index contributed by atoms with van der Waals surface area (Å²) in [6, 6.07) is 0.634. The van der Waals surface area contributed by atoms with Crippen molar-refractivity contribution in [1.82, 2.24) is 5.32 Å². The molecule has 3 unspecified atom stereocenters. The lowest BCUT2D eigenvalue weighted by atomic mass is 9.79. The third-order valence-corrected chi connectivity index (χ3v) is 4.87. The molecule has 0 heterocycles. The van der Waals surface area contributed by atoms with Gasteiger partial charge in [0.1, 0.15) is 0 Å². The minimum absolute atomic E-state index is 0.167. The minimum atomic E-state index is -0.167. The van der Waals surface area contributed by atoms with Gasteiger partial charge in [0, 0.05) is 12.6 Å². The van der Waals surface area contributed by atoms with E-state index in [4.69, 9.17) is 0 Å². The second-order valence-electron chi connectivity index (χ2n) is 6.42. The fourth-order valence-electron chi connectivity index (χ4n) is 3.31. The van der Waals surface area contributed by atoms with E-state index >= 15 is 0 Å². The van der Waals surface area contributed by atoms with Crippen LogP contribution in [0.4, 0.5) is 0 Å². The van der Waals surface area contributed by atoms with Gasteiger partial charge in [0.2, 0.25) is 0 Å². The summed E-state index contributed by atoms with van der Waals surface area (Å²) in [5.74, 6) is 2.14. The van der Waals surface area contributed by atoms with Gasteiger partial charge in [-0.05, 0) is 30.6 Å². The number of aliphatic hydroxyl groups is 1. The van der Waals surface area contributed by atoms with Gasteiger partial charge in [-0.3, -0.25) is 0 Å². The number of hydrogen-bond donors (Lipinski definition) is 2. The van der Waals surface area contributed by atoms with Crippen molar-refractivity contribution in [3.63, 3.8) is 0 Å². The maximum absolute atomic E-state index is 10.2. The van der Waals surface area contributed by atoms with E-state index in [1.165, 1.54) is 25.7 Å². The summed E-state index contributed by atoms with van der Waals surface area (Å²) in [6.07, 6.45) is 7.33. The molecule has 3 atom stereocenters. The Balaban J connectivity index is 2.30. The predicted octanol–water partition coefficient (Wildman–Crippen LogP) is 3.59. The van der Waals surface area contributed by atoms with Crippen molar-refractivity contribution in [2.24, 2.45) is 17.8 Å². The van der Waals surface area contributed by atoms with Gasteiger partial charge in [-0.2, -0.15) is 0 Å². The Bertz CT molecular complexity index is 213. The van der Waals surface area contributed by atoms with E-state index in [-0.39, 0.29) is 6.10 Å². The SMILES string of the molecule is CCC(CC)C(O)CNC1CCCC(C(C)C)C1. The Morgan fingerprint density at radius 2 is 1.83 bits per heavy atom. The average molecular weight is 255 g/mol. The maximum atomic E-state index is 10.2. The highest BCUT2D eigenvalue weighted by Gasteiger charge is 2.25. The highest BCUT2D eigenvalue weighted by molar-refractivity contribution is 4.81. The first-order valence-corrected chi connectivity index (χ1v) is 7.99. The average Bonchev–Trinajstić information content (AvgIpc) is 2.38. The first-order chi connectivity index (χ1) is 8.58. The highest BCUT2D eigenvalue weighted by Crippen LogP contribution is 2.30. The summed E-state index contributed by atoms with van der Waals surface area (Å²) in [6.45, 7) is 9.81. The van der Waals surface area contributed by atoms with Gasteiger partial charge in [-0.15, -0.1) is 0 Å². The molecule has 0 bridgehead atoms. The van der Waals surface area contributed by atoms with Crippen molar-refractivity contribution in [3.8, 4) is 0 Å². The Morgan fingerprint density at radius 1 is 1.17 bits per heavy atom. The molecule has 18 heavy (non-hydrogen) atoms. The molecule has 1 aliphatic carbocycles. The van der Waals surface area contributed by atoms with Crippen molar-refractivity contribution in [2.45, 2.75) is 78.4 Å². The lowest BCUT2D eigenvalue weighted by Crippen LogP contribution is -2.41. The number of nitrogens with one attached hydrogen (secondary N) is 1. The molecular weight excluding hydrogens is 222 g/mol. The van der Waals surface area contributed by atoms with Crippen LogP contribution < -0.4 is 5.32 Å². The van der Waals surface area contributed by atoms with Gasteiger partial charge in [0.25, 0.3) is 0 Å². The van der Waals surface area contributed by atoms with Crippen LogP contribution in [-0.4, -0.2) is 23.8 Å². The van der Waals surface area contributed by atoms with Crippen LogP contribution >= 0.6 is 0 Å². The summed E-state index contributed by atoms with van der Waals surface area (Å²) < 4.78 is 0. The monoisotopic (exact) mass is 255 g/mol. The molecule has 2 N–H and O–H groups in total. The van der Waals surface area contributed by atoms with Crippen molar-refractivity contribution in [1.29, 1.82) is 0 Å². The van der Waals surface area contributed by atoms with Crippen LogP contribution in [0.5, 0.6) is 0 Å². The third kappa shape index (κ3) is 4.89. The van der Waals surface area contributed by atoms with E-state index in [9.17, 15) is 5.11 Å². The lowest BCUT2D eigenvalue weighted by molar-refractivity contribution is 0.0934. The van der Waals surface area contributed by atoms with E-state index < -0.39 is 0 Å². The number of aliphatic hydroxyl groups excluding tert-OH is 1. The molecule has 0 aromatic heterocycles. The molecule has 0 spiro atoms. The first kappa shape index (κ1) is 16.0. The summed E-state index contributed by atoms with van der Waals surface area (Å²) >= 11 is 0. The quantitative estimate of drug-likeness (QED) is 0.728. The molecule has 1 fully saturated rings. The molecule has 1 saturated carbocycles. The zero-order valence-corrected chi connectivity index (χ0v) is 12.8. The zero-order valence-electron chi connectivity index (χ0n) is 12.8. The Morgan fingerprint density at radius 3 is 2.39 bits per heavy atom. The predicted molar refractivity (Wildman–Crippen MR) is 78.7 cm³/mol. The van der Waals surface area contributed by atoms with E-state index in [1.807, 2.05) is 0 Å². The van der Waals surface area contributed by atoms with E-state index in [2.05, 4.69) is 33.0 Å². The van der Waals surface area contributed by atoms with Gasteiger partial charge in [0.05, 0.1) is 6.10 Å². The smallest absolute Gasteiger partial charge is 0.0692 e. The van der Waals surface area contributed by atoms with Crippen LogP contribution in [0.1, 0.15) is 66.2 Å². The van der Waals surface area contributed by atoms with E-state index in [0.717, 1.165) is 31.2 Å². The Hall–Kier alpha value is -0.0800. The Kier molecular flexibility index (Phi) is 7.25. The van der Waals surface area contributed by atoms with E-state index in [0.29, 0.717) is 12.0 Å². The molecule has 0 aliphatic heterocycles. The minimum Gasteiger partial charge on any atom is -0.392 e. The van der Waals surface area contributed by atoms with Gasteiger partial charge in [-0.25, -0.2) is 0 Å². The molecule has 1 aliphatic rings. The van der Waals surface area contributed by atoms with Gasteiger partial charge >= 0.3 is 0 Å². The van der Waals surface area contributed by atoms with Gasteiger partial charge in [-0.1, -0.05) is 53.4 Å². The number of hydrogen-bond acceptors (Lipinski definition) is 2. The summed E-state index contributed by atoms with van der Waals surface area (Å²) in [4.78, 5) is 0. The molecular formula is C16H33NO. The summed E-state index contributed by atoms with van der Waals surface area (Å²) in [5.41, 5.74) is 0. The van der Waals surface area contributed by atoms with Crippen LogP contribution in [0.25, 0.3) is 0 Å². The summed E-state index contributed by atoms with van der Waals surface area (Å²) in [5, 5.41) is 13.8. The molecule has 0 aromatic rings. The van der Waals surface area contributed by atoms with Crippen molar-refractivity contribution in [3.05, 3.63) is 0 Å². The van der Waals surface area contributed by atoms with Gasteiger partial charge < -0.3 is 10.4 Å². The van der Waals surface area contributed by atoms with Gasteiger partial charge in [0.15, 0.2) is 0 Å². The molecule has 2 nitrogen and oxygen atoms in total. The normalized spacial score (nSPS) is 26.8. The van der Waals surface area contributed by atoms with Crippen molar-refractivity contribution in [2.75, 3.05) is 6.54 Å². The fraction of sp³-hybridized carbons (Fsp3) is 1.00. The second-order valence-corrected chi connectivity index (χ2v) is 6.42. The first-order valence-electron chi connectivity index (χ1n) is 7.99. The van der Waals surface area contributed by atoms with Crippen LogP contribution in [0, 0.1) is 17.8 Å². The molecule has 0 aromatic carbocycles. The standard InChI is InChI=1S/C16H33NO/c1-5-13(6-2)16(18)11-17-15-9-7-8-14(10-15)12(3)4/h12-18H,5-11H2,1-4H3. The highest BCUT2D eigenvalue weighted by atomic mass is 16.3. The van der Waals surface area contributed by atoms with E-state index in [1.54, 1.807) is 0 Å². The Labute approximate surface area is 114 Å². The lowest BCUT2D eigenvalue weighted by Gasteiger charge is -2.33. The number of rotatable bonds is 7. The van der Waals surface area contributed by atoms with Crippen molar-refractivity contribution >= 4 is 0 Å². The summed E-state index contributed by atoms with van der Waals surface area (Å²) in [7, 11) is 0.